The Morgan fingerprint density at radius 1 is 1.03 bits per heavy atom. The quantitative estimate of drug-likeness (QED) is 0.535. The van der Waals surface area contributed by atoms with Gasteiger partial charge < -0.3 is 10.3 Å². The first-order valence-electron chi connectivity index (χ1n) is 10.00. The number of carbonyl (C=O) groups is 1. The summed E-state index contributed by atoms with van der Waals surface area (Å²) in [7, 11) is -3.71. The van der Waals surface area contributed by atoms with Crippen molar-refractivity contribution in [2.45, 2.75) is 44.9 Å². The number of sulfonamides is 1. The number of hydrogen-bond acceptors (Lipinski definition) is 3. The van der Waals surface area contributed by atoms with Gasteiger partial charge in [-0.3, -0.25) is 9.52 Å². The third-order valence-electron chi connectivity index (χ3n) is 4.82. The summed E-state index contributed by atoms with van der Waals surface area (Å²) in [5, 5.41) is 3.62. The molecule has 0 radical (unpaired) electrons. The van der Waals surface area contributed by atoms with E-state index in [2.05, 4.69) is 35.8 Å². The third kappa shape index (κ3) is 5.02. The molecule has 30 heavy (non-hydrogen) atoms. The first kappa shape index (κ1) is 21.9. The maximum atomic E-state index is 12.8. The highest BCUT2D eigenvalue weighted by molar-refractivity contribution is 7.92. The van der Waals surface area contributed by atoms with E-state index in [1.165, 1.54) is 0 Å². The summed E-state index contributed by atoms with van der Waals surface area (Å²) >= 11 is 0. The van der Waals surface area contributed by atoms with Crippen molar-refractivity contribution >= 4 is 32.5 Å². The van der Waals surface area contributed by atoms with E-state index in [0.29, 0.717) is 23.8 Å². The molecule has 7 heteroatoms. The molecule has 0 aliphatic carbocycles. The minimum atomic E-state index is -3.71. The fourth-order valence-corrected chi connectivity index (χ4v) is 4.11. The van der Waals surface area contributed by atoms with Crippen LogP contribution in [0.15, 0.2) is 53.4 Å². The molecular formula is C23H29N3O3S. The highest BCUT2D eigenvalue weighted by Gasteiger charge is 2.18. The normalized spacial score (nSPS) is 12.3. The van der Waals surface area contributed by atoms with E-state index in [9.17, 15) is 13.2 Å². The van der Waals surface area contributed by atoms with Gasteiger partial charge in [-0.05, 0) is 53.3 Å². The Bertz CT molecular complexity index is 1150. The van der Waals surface area contributed by atoms with Crippen LogP contribution in [0.25, 0.3) is 10.9 Å². The van der Waals surface area contributed by atoms with Crippen molar-refractivity contribution in [1.82, 2.24) is 10.3 Å². The van der Waals surface area contributed by atoms with Crippen LogP contribution in [0.1, 0.15) is 50.7 Å². The summed E-state index contributed by atoms with van der Waals surface area (Å²) in [6.07, 6.45) is 0. The molecule has 0 saturated heterocycles. The van der Waals surface area contributed by atoms with Crippen LogP contribution in [-0.2, 0) is 15.4 Å². The van der Waals surface area contributed by atoms with Gasteiger partial charge in [-0.2, -0.15) is 0 Å². The summed E-state index contributed by atoms with van der Waals surface area (Å²) in [5.74, 6) is 0.178. The summed E-state index contributed by atoms with van der Waals surface area (Å²) in [4.78, 5) is 15.5. The summed E-state index contributed by atoms with van der Waals surface area (Å²) in [6.45, 7) is 10.9. The first-order valence-corrected chi connectivity index (χ1v) is 11.5. The number of anilines is 1. The molecule has 0 aliphatic rings. The molecule has 0 bridgehead atoms. The Morgan fingerprint density at radius 3 is 2.30 bits per heavy atom. The van der Waals surface area contributed by atoms with Crippen LogP contribution < -0.4 is 10.0 Å². The third-order valence-corrected chi connectivity index (χ3v) is 6.22. The molecule has 3 aromatic rings. The summed E-state index contributed by atoms with van der Waals surface area (Å²) in [5.41, 5.74) is 2.67. The van der Waals surface area contributed by atoms with E-state index in [1.807, 2.05) is 26.0 Å². The van der Waals surface area contributed by atoms with Gasteiger partial charge in [0.15, 0.2) is 0 Å². The molecule has 1 heterocycles. The predicted molar refractivity (Wildman–Crippen MR) is 121 cm³/mol. The van der Waals surface area contributed by atoms with Gasteiger partial charge in [-0.15, -0.1) is 0 Å². The molecular weight excluding hydrogens is 398 g/mol. The lowest BCUT2D eigenvalue weighted by molar-refractivity contribution is 0.0945. The Morgan fingerprint density at radius 2 is 1.70 bits per heavy atom. The number of benzene rings is 2. The maximum Gasteiger partial charge on any atom is 0.267 e. The van der Waals surface area contributed by atoms with Crippen molar-refractivity contribution < 1.29 is 13.2 Å². The smallest absolute Gasteiger partial charge is 0.267 e. The number of rotatable bonds is 6. The zero-order valence-corrected chi connectivity index (χ0v) is 18.9. The lowest BCUT2D eigenvalue weighted by Crippen LogP contribution is -2.27. The van der Waals surface area contributed by atoms with Crippen LogP contribution in [0, 0.1) is 5.92 Å². The number of H-pyrrole nitrogens is 1. The number of carbonyl (C=O) groups excluding carboxylic acids is 1. The van der Waals surface area contributed by atoms with Gasteiger partial charge in [-0.25, -0.2) is 8.42 Å². The zero-order valence-electron chi connectivity index (χ0n) is 18.0. The fourth-order valence-electron chi connectivity index (χ4n) is 3.06. The Labute approximate surface area is 178 Å². The monoisotopic (exact) mass is 427 g/mol. The second-order valence-corrected chi connectivity index (χ2v) is 10.7. The first-order chi connectivity index (χ1) is 14.0. The van der Waals surface area contributed by atoms with E-state index < -0.39 is 10.0 Å². The van der Waals surface area contributed by atoms with Crippen LogP contribution in [0.5, 0.6) is 0 Å². The molecule has 1 aromatic heterocycles. The van der Waals surface area contributed by atoms with E-state index >= 15 is 0 Å². The molecule has 0 fully saturated rings. The van der Waals surface area contributed by atoms with Gasteiger partial charge in [0.1, 0.15) is 5.69 Å². The Kier molecular flexibility index (Phi) is 5.94. The Hall–Kier alpha value is -2.80. The molecule has 0 saturated carbocycles. The van der Waals surface area contributed by atoms with Gasteiger partial charge in [0, 0.05) is 23.1 Å². The number of hydrogen-bond donors (Lipinski definition) is 3. The van der Waals surface area contributed by atoms with E-state index in [1.54, 1.807) is 36.4 Å². The van der Waals surface area contributed by atoms with Gasteiger partial charge in [0.2, 0.25) is 0 Å². The van der Waals surface area contributed by atoms with Crippen molar-refractivity contribution in [1.29, 1.82) is 0 Å². The highest BCUT2D eigenvalue weighted by atomic mass is 32.2. The average Bonchev–Trinajstić information content (AvgIpc) is 3.08. The predicted octanol–water partition coefficient (Wildman–Crippen LogP) is 4.65. The SMILES string of the molecule is CC(C)CNC(=O)c1cc2cc(NS(=O)(=O)c3ccc(C(C)(C)C)cc3)ccc2[nH]1. The van der Waals surface area contributed by atoms with Gasteiger partial charge in [0.05, 0.1) is 4.90 Å². The maximum absolute atomic E-state index is 12.8. The van der Waals surface area contributed by atoms with Crippen LogP contribution in [0.3, 0.4) is 0 Å². The lowest BCUT2D eigenvalue weighted by Gasteiger charge is -2.19. The van der Waals surface area contributed by atoms with Crippen molar-refractivity contribution in [3.05, 3.63) is 59.8 Å². The van der Waals surface area contributed by atoms with Crippen molar-refractivity contribution in [3.8, 4) is 0 Å². The molecule has 3 rings (SSSR count). The van der Waals surface area contributed by atoms with E-state index in [4.69, 9.17) is 0 Å². The van der Waals surface area contributed by atoms with Crippen LogP contribution in [0.4, 0.5) is 5.69 Å². The fraction of sp³-hybridized carbons (Fsp3) is 0.348. The highest BCUT2D eigenvalue weighted by Crippen LogP contribution is 2.25. The molecule has 6 nitrogen and oxygen atoms in total. The van der Waals surface area contributed by atoms with Gasteiger partial charge in [-0.1, -0.05) is 46.8 Å². The molecule has 2 aromatic carbocycles. The number of aromatic nitrogens is 1. The second-order valence-electron chi connectivity index (χ2n) is 8.97. The lowest BCUT2D eigenvalue weighted by atomic mass is 9.87. The van der Waals surface area contributed by atoms with E-state index in [-0.39, 0.29) is 16.2 Å². The molecule has 0 atom stereocenters. The minimum Gasteiger partial charge on any atom is -0.351 e. The molecule has 1 amide bonds. The molecule has 0 aliphatic heterocycles. The summed E-state index contributed by atoms with van der Waals surface area (Å²) < 4.78 is 28.2. The van der Waals surface area contributed by atoms with Gasteiger partial charge in [0.25, 0.3) is 15.9 Å². The van der Waals surface area contributed by atoms with Gasteiger partial charge >= 0.3 is 0 Å². The van der Waals surface area contributed by atoms with E-state index in [0.717, 1.165) is 16.5 Å². The topological polar surface area (TPSA) is 91.1 Å². The minimum absolute atomic E-state index is 0.0474. The number of nitrogens with one attached hydrogen (secondary N) is 3. The van der Waals surface area contributed by atoms with Crippen molar-refractivity contribution in [3.63, 3.8) is 0 Å². The van der Waals surface area contributed by atoms with Crippen molar-refractivity contribution in [2.24, 2.45) is 5.92 Å². The van der Waals surface area contributed by atoms with Crippen LogP contribution >= 0.6 is 0 Å². The summed E-state index contributed by atoms with van der Waals surface area (Å²) in [6, 6.07) is 13.8. The zero-order chi connectivity index (χ0) is 22.1. The number of amides is 1. The number of aromatic amines is 1. The largest absolute Gasteiger partial charge is 0.351 e. The standard InChI is InChI=1S/C23H29N3O3S/c1-15(2)14-24-22(27)21-13-16-12-18(8-11-20(16)25-21)26-30(28,29)19-9-6-17(7-10-19)23(3,4)5/h6-13,15,25-26H,14H2,1-5H3,(H,24,27). The second kappa shape index (κ2) is 8.14. The molecule has 0 spiro atoms. The Balaban J connectivity index is 1.80. The van der Waals surface area contributed by atoms with Crippen LogP contribution in [0.2, 0.25) is 0 Å². The molecule has 160 valence electrons. The number of fused-ring (bicyclic) bond motifs is 1. The molecule has 0 unspecified atom stereocenters. The van der Waals surface area contributed by atoms with Crippen molar-refractivity contribution in [2.75, 3.05) is 11.3 Å². The van der Waals surface area contributed by atoms with Crippen LogP contribution in [-0.4, -0.2) is 25.9 Å². The molecule has 3 N–H and O–H groups in total. The average molecular weight is 428 g/mol.